The zero-order valence-corrected chi connectivity index (χ0v) is 11.5. The van der Waals surface area contributed by atoms with Crippen LogP contribution in [0.25, 0.3) is 0 Å². The van der Waals surface area contributed by atoms with Crippen molar-refractivity contribution >= 4 is 11.7 Å². The van der Waals surface area contributed by atoms with Gasteiger partial charge in [-0.25, -0.2) is 9.78 Å². The number of anilines is 1. The van der Waals surface area contributed by atoms with E-state index in [-0.39, 0.29) is 12.1 Å². The van der Waals surface area contributed by atoms with Crippen LogP contribution in [-0.2, 0) is 0 Å². The Morgan fingerprint density at radius 3 is 2.90 bits per heavy atom. The number of aryl methyl sites for hydroxylation is 1. The molecule has 0 saturated carbocycles. The molecule has 2 amide bonds. The fourth-order valence-electron chi connectivity index (χ4n) is 1.68. The van der Waals surface area contributed by atoms with Gasteiger partial charge in [0.15, 0.2) is 0 Å². The van der Waals surface area contributed by atoms with Crippen molar-refractivity contribution in [3.8, 4) is 5.88 Å². The lowest BCUT2D eigenvalue weighted by Gasteiger charge is -2.13. The molecule has 0 spiro atoms. The third kappa shape index (κ3) is 3.25. The summed E-state index contributed by atoms with van der Waals surface area (Å²) >= 11 is 0. The summed E-state index contributed by atoms with van der Waals surface area (Å²) in [4.78, 5) is 19.6. The average molecular weight is 276 g/mol. The normalized spacial score (nSPS) is 11.8. The second-order valence-corrected chi connectivity index (χ2v) is 4.21. The van der Waals surface area contributed by atoms with Crippen molar-refractivity contribution in [1.29, 1.82) is 0 Å². The number of furan rings is 1. The van der Waals surface area contributed by atoms with Crippen LogP contribution in [0.15, 0.2) is 29.1 Å². The highest BCUT2D eigenvalue weighted by molar-refractivity contribution is 5.90. The molecular weight excluding hydrogens is 260 g/mol. The number of nitrogens with zero attached hydrogens (tertiary/aromatic N) is 2. The van der Waals surface area contributed by atoms with Gasteiger partial charge in [0.05, 0.1) is 19.3 Å². The first kappa shape index (κ1) is 13.9. The number of hydrogen-bond donors (Lipinski definition) is 2. The monoisotopic (exact) mass is 276 g/mol. The number of carbonyl (C=O) groups excluding carboxylic acids is 1. The molecule has 2 rings (SSSR count). The van der Waals surface area contributed by atoms with Gasteiger partial charge in [0.2, 0.25) is 5.88 Å². The average Bonchev–Trinajstić information content (AvgIpc) is 2.86. The third-order valence-corrected chi connectivity index (χ3v) is 2.65. The van der Waals surface area contributed by atoms with E-state index >= 15 is 0 Å². The molecule has 0 saturated heterocycles. The van der Waals surface area contributed by atoms with E-state index in [9.17, 15) is 4.79 Å². The topological polar surface area (TPSA) is 89.3 Å². The van der Waals surface area contributed by atoms with E-state index in [4.69, 9.17) is 9.15 Å². The lowest BCUT2D eigenvalue weighted by Crippen LogP contribution is -2.31. The first-order chi connectivity index (χ1) is 9.60. The molecule has 0 aromatic carbocycles. The summed E-state index contributed by atoms with van der Waals surface area (Å²) in [5.41, 5.74) is 0.398. The van der Waals surface area contributed by atoms with Crippen molar-refractivity contribution in [2.45, 2.75) is 19.9 Å². The quantitative estimate of drug-likeness (QED) is 0.894. The van der Waals surface area contributed by atoms with E-state index in [2.05, 4.69) is 20.6 Å². The van der Waals surface area contributed by atoms with Crippen LogP contribution in [-0.4, -0.2) is 23.1 Å². The van der Waals surface area contributed by atoms with Gasteiger partial charge in [-0.15, -0.1) is 0 Å². The molecule has 0 aliphatic rings. The summed E-state index contributed by atoms with van der Waals surface area (Å²) in [7, 11) is 1.47. The Morgan fingerprint density at radius 2 is 2.25 bits per heavy atom. The summed E-state index contributed by atoms with van der Waals surface area (Å²) < 4.78 is 10.5. The summed E-state index contributed by atoms with van der Waals surface area (Å²) in [6.07, 6.45) is 2.81. The number of rotatable bonds is 4. The molecule has 2 aromatic heterocycles. The van der Waals surface area contributed by atoms with Crippen molar-refractivity contribution in [3.05, 3.63) is 36.2 Å². The fourth-order valence-corrected chi connectivity index (χ4v) is 1.68. The van der Waals surface area contributed by atoms with Gasteiger partial charge in [-0.2, -0.15) is 4.98 Å². The van der Waals surface area contributed by atoms with Crippen LogP contribution in [0, 0.1) is 6.92 Å². The number of urea groups is 1. The van der Waals surface area contributed by atoms with Crippen molar-refractivity contribution in [2.24, 2.45) is 0 Å². The van der Waals surface area contributed by atoms with Gasteiger partial charge in [-0.3, -0.25) is 0 Å². The fraction of sp³-hybridized carbons (Fsp3) is 0.308. The summed E-state index contributed by atoms with van der Waals surface area (Å²) in [5, 5.41) is 5.38. The Morgan fingerprint density at radius 1 is 1.45 bits per heavy atom. The largest absolute Gasteiger partial charge is 0.479 e. The molecule has 2 N–H and O–H groups in total. The maximum absolute atomic E-state index is 11.9. The maximum atomic E-state index is 11.9. The van der Waals surface area contributed by atoms with Crippen LogP contribution in [0.3, 0.4) is 0 Å². The lowest BCUT2D eigenvalue weighted by molar-refractivity contribution is 0.247. The van der Waals surface area contributed by atoms with Crippen molar-refractivity contribution in [1.82, 2.24) is 15.3 Å². The third-order valence-electron chi connectivity index (χ3n) is 2.65. The van der Waals surface area contributed by atoms with Gasteiger partial charge >= 0.3 is 6.03 Å². The Bertz CT molecular complexity index is 597. The molecule has 7 nitrogen and oxygen atoms in total. The van der Waals surface area contributed by atoms with Crippen molar-refractivity contribution in [2.75, 3.05) is 12.4 Å². The van der Waals surface area contributed by atoms with Gasteiger partial charge in [-0.1, -0.05) is 0 Å². The zero-order chi connectivity index (χ0) is 14.5. The summed E-state index contributed by atoms with van der Waals surface area (Å²) in [5.74, 6) is 1.79. The molecule has 106 valence electrons. The Kier molecular flexibility index (Phi) is 4.19. The minimum Gasteiger partial charge on any atom is -0.479 e. The summed E-state index contributed by atoms with van der Waals surface area (Å²) in [6.45, 7) is 3.68. The molecule has 7 heteroatoms. The first-order valence-corrected chi connectivity index (χ1v) is 6.08. The number of nitrogens with one attached hydrogen (secondary N) is 2. The second-order valence-electron chi connectivity index (χ2n) is 4.21. The predicted octanol–water partition coefficient (Wildman–Crippen LogP) is 2.27. The molecule has 1 atom stereocenters. The Balaban J connectivity index is 1.98. The van der Waals surface area contributed by atoms with E-state index in [0.717, 1.165) is 5.76 Å². The molecule has 0 aliphatic heterocycles. The highest BCUT2D eigenvalue weighted by Crippen LogP contribution is 2.19. The number of carbonyl (C=O) groups is 1. The highest BCUT2D eigenvalue weighted by atomic mass is 16.5. The molecule has 0 radical (unpaired) electrons. The van der Waals surface area contributed by atoms with Crippen LogP contribution >= 0.6 is 0 Å². The van der Waals surface area contributed by atoms with E-state index in [1.165, 1.54) is 19.6 Å². The number of methoxy groups -OCH3 is 1. The zero-order valence-electron chi connectivity index (χ0n) is 11.5. The smallest absolute Gasteiger partial charge is 0.320 e. The molecule has 2 aromatic rings. The van der Waals surface area contributed by atoms with Crippen LogP contribution in [0.2, 0.25) is 0 Å². The minimum atomic E-state index is -0.389. The molecule has 20 heavy (non-hydrogen) atoms. The molecule has 2 heterocycles. The molecular formula is C13H16N4O3. The van der Waals surface area contributed by atoms with Gasteiger partial charge in [-0.05, 0) is 26.0 Å². The van der Waals surface area contributed by atoms with Crippen molar-refractivity contribution < 1.29 is 13.9 Å². The van der Waals surface area contributed by atoms with Crippen LogP contribution in [0.4, 0.5) is 10.5 Å². The van der Waals surface area contributed by atoms with Gasteiger partial charge in [0, 0.05) is 0 Å². The Labute approximate surface area is 116 Å². The van der Waals surface area contributed by atoms with E-state index in [0.29, 0.717) is 17.3 Å². The van der Waals surface area contributed by atoms with Crippen LogP contribution in [0.1, 0.15) is 24.5 Å². The maximum Gasteiger partial charge on any atom is 0.320 e. The van der Waals surface area contributed by atoms with Gasteiger partial charge < -0.3 is 19.8 Å². The molecule has 0 fully saturated rings. The SMILES string of the molecule is COc1ncncc1NC(=O)N[C@@H](C)c1ccc(C)o1. The lowest BCUT2D eigenvalue weighted by atomic mass is 10.2. The van der Waals surface area contributed by atoms with Crippen LogP contribution < -0.4 is 15.4 Å². The molecule has 0 bridgehead atoms. The Hall–Kier alpha value is -2.57. The first-order valence-electron chi connectivity index (χ1n) is 6.08. The van der Waals surface area contributed by atoms with E-state index < -0.39 is 0 Å². The van der Waals surface area contributed by atoms with Gasteiger partial charge in [0.25, 0.3) is 0 Å². The summed E-state index contributed by atoms with van der Waals surface area (Å²) in [6, 6.07) is 3.03. The van der Waals surface area contributed by atoms with E-state index in [1.807, 2.05) is 26.0 Å². The number of ether oxygens (including phenoxy) is 1. The minimum absolute atomic E-state index is 0.251. The number of hydrogen-bond acceptors (Lipinski definition) is 5. The highest BCUT2D eigenvalue weighted by Gasteiger charge is 2.14. The van der Waals surface area contributed by atoms with Crippen LogP contribution in [0.5, 0.6) is 5.88 Å². The van der Waals surface area contributed by atoms with Gasteiger partial charge in [0.1, 0.15) is 23.5 Å². The molecule has 0 unspecified atom stereocenters. The van der Waals surface area contributed by atoms with E-state index in [1.54, 1.807) is 0 Å². The standard InChI is InChI=1S/C13H16N4O3/c1-8-4-5-11(20-8)9(2)16-13(18)17-10-6-14-7-15-12(10)19-3/h4-7,9H,1-3H3,(H2,16,17,18)/t9-/m0/s1. The number of amides is 2. The number of aromatic nitrogens is 2. The predicted molar refractivity (Wildman–Crippen MR) is 72.6 cm³/mol. The van der Waals surface area contributed by atoms with Crippen molar-refractivity contribution in [3.63, 3.8) is 0 Å². The second kappa shape index (κ2) is 6.05. The molecule has 0 aliphatic carbocycles.